The highest BCUT2D eigenvalue weighted by Gasteiger charge is 2.39. The molecular formula is C72H75BrF4N8O11S4. The van der Waals surface area contributed by atoms with E-state index in [0.29, 0.717) is 62.2 Å². The highest BCUT2D eigenvalue weighted by Crippen LogP contribution is 2.43. The van der Waals surface area contributed by atoms with Crippen molar-refractivity contribution in [2.75, 3.05) is 59.2 Å². The zero-order valence-corrected chi connectivity index (χ0v) is 60.9. The molecule has 10 aromatic rings. The third kappa shape index (κ3) is 16.5. The number of fused-ring (bicyclic) bond motifs is 9. The molecule has 100 heavy (non-hydrogen) atoms. The van der Waals surface area contributed by atoms with Crippen molar-refractivity contribution in [1.29, 1.82) is 0 Å². The summed E-state index contributed by atoms with van der Waals surface area (Å²) in [6, 6.07) is 28.6. The Kier molecular flexibility index (Phi) is 23.0. The Hall–Kier alpha value is -8.28. The fraction of sp³-hybridized carbons (Fsp3) is 0.333. The molecule has 0 radical (unpaired) electrons. The number of hydrogen-bond donors (Lipinski definition) is 4. The summed E-state index contributed by atoms with van der Waals surface area (Å²) >= 11 is 6.98. The van der Waals surface area contributed by atoms with Gasteiger partial charge in [0.2, 0.25) is 0 Å². The number of ether oxygens (including phenoxy) is 3. The van der Waals surface area contributed by atoms with Gasteiger partial charge in [-0.1, -0.05) is 48.5 Å². The number of thioether (sulfide) groups is 2. The molecule has 5 heterocycles. The van der Waals surface area contributed by atoms with E-state index in [4.69, 9.17) is 34.4 Å². The van der Waals surface area contributed by atoms with Crippen LogP contribution in [0.2, 0.25) is 0 Å². The second-order valence-corrected chi connectivity index (χ2v) is 33.0. The molecule has 6 aromatic carbocycles. The molecule has 1 aliphatic rings. The van der Waals surface area contributed by atoms with Gasteiger partial charge in [-0.2, -0.15) is 33.7 Å². The summed E-state index contributed by atoms with van der Waals surface area (Å²) in [7, 11) is -4.67. The number of rotatable bonds is 19. The summed E-state index contributed by atoms with van der Waals surface area (Å²) in [5, 5.41) is 29.7. The average molecular weight is 1510 g/mol. The number of aliphatic hydroxyl groups is 1. The van der Waals surface area contributed by atoms with Crippen LogP contribution in [0.25, 0.3) is 50.7 Å². The molecule has 0 amide bonds. The third-order valence-corrected chi connectivity index (χ3v) is 24.3. The largest absolute Gasteiger partial charge is 0.481 e. The van der Waals surface area contributed by atoms with Crippen LogP contribution >= 0.6 is 39.5 Å². The number of aliphatic carboxylic acids is 1. The molecular weight excluding hydrogens is 1440 g/mol. The van der Waals surface area contributed by atoms with Gasteiger partial charge in [-0.05, 0) is 159 Å². The van der Waals surface area contributed by atoms with Crippen LogP contribution in [0.3, 0.4) is 0 Å². The quantitative estimate of drug-likeness (QED) is 0.0254. The molecule has 2 atom stereocenters. The molecule has 4 bridgehead atoms. The number of carbonyl (C=O) groups excluding carboxylic acids is 1. The number of aliphatic hydroxyl groups excluding tert-OH is 1. The van der Waals surface area contributed by atoms with Crippen molar-refractivity contribution in [3.63, 3.8) is 0 Å². The van der Waals surface area contributed by atoms with Crippen LogP contribution in [0.15, 0.2) is 132 Å². The third-order valence-electron chi connectivity index (χ3n) is 17.8. The van der Waals surface area contributed by atoms with Crippen molar-refractivity contribution < 1.29 is 68.4 Å². The minimum absolute atomic E-state index is 0.0136. The normalized spacial score (nSPS) is 16.3. The van der Waals surface area contributed by atoms with Gasteiger partial charge in [0.1, 0.15) is 23.1 Å². The Labute approximate surface area is 593 Å². The van der Waals surface area contributed by atoms with Crippen molar-refractivity contribution in [2.45, 2.75) is 77.0 Å². The summed E-state index contributed by atoms with van der Waals surface area (Å²) < 4.78 is 136. The van der Waals surface area contributed by atoms with Crippen molar-refractivity contribution in [2.24, 2.45) is 14.1 Å². The molecule has 19 nitrogen and oxygen atoms in total. The zero-order valence-electron chi connectivity index (χ0n) is 56.1. The summed E-state index contributed by atoms with van der Waals surface area (Å²) in [6.45, 7) is 10.8. The lowest BCUT2D eigenvalue weighted by Gasteiger charge is -2.29. The number of halogens is 5. The van der Waals surface area contributed by atoms with E-state index in [1.165, 1.54) is 47.1 Å². The maximum atomic E-state index is 15.6. The number of H-pyrrole nitrogens is 2. The predicted octanol–water partition coefficient (Wildman–Crippen LogP) is 14.4. The van der Waals surface area contributed by atoms with Gasteiger partial charge in [-0.3, -0.25) is 4.79 Å². The van der Waals surface area contributed by atoms with Gasteiger partial charge in [0.15, 0.2) is 66.1 Å². The van der Waals surface area contributed by atoms with E-state index in [1.807, 2.05) is 42.1 Å². The Balaban J connectivity index is 0.000000216. The van der Waals surface area contributed by atoms with Gasteiger partial charge < -0.3 is 34.4 Å². The number of nitrogens with one attached hydrogen (secondary N) is 2. The molecule has 0 saturated carbocycles. The molecule has 4 N–H and O–H groups in total. The lowest BCUT2D eigenvalue weighted by atomic mass is 9.76. The summed E-state index contributed by atoms with van der Waals surface area (Å²) in [4.78, 5) is 40.0. The van der Waals surface area contributed by atoms with Gasteiger partial charge in [0, 0.05) is 88.8 Å². The maximum Gasteiger partial charge on any atom is 0.333 e. The minimum atomic E-state index is -3.98. The van der Waals surface area contributed by atoms with E-state index in [1.54, 1.807) is 114 Å². The first-order valence-corrected chi connectivity index (χ1v) is 38.7. The van der Waals surface area contributed by atoms with E-state index in [2.05, 4.69) is 37.9 Å². The number of aromatic nitrogens is 8. The highest BCUT2D eigenvalue weighted by atomic mass is 79.9. The first-order chi connectivity index (χ1) is 47.4. The second kappa shape index (κ2) is 30.9. The summed E-state index contributed by atoms with van der Waals surface area (Å²) in [6.07, 6.45) is 5.49. The number of carbonyl (C=O) groups is 2. The molecule has 2 unspecified atom stereocenters. The van der Waals surface area contributed by atoms with Crippen LogP contribution in [-0.4, -0.2) is 138 Å². The molecule has 4 aromatic heterocycles. The molecule has 0 saturated heterocycles. The molecule has 11 rings (SSSR count). The van der Waals surface area contributed by atoms with E-state index in [-0.39, 0.29) is 82.6 Å². The molecule has 0 aliphatic carbocycles. The van der Waals surface area contributed by atoms with Crippen LogP contribution in [0.5, 0.6) is 23.0 Å². The zero-order chi connectivity index (χ0) is 72.1. The lowest BCUT2D eigenvalue weighted by Crippen LogP contribution is -2.32. The number of carboxylic acid groups (broad SMARTS) is 1. The number of nitrogens with zero attached hydrogens (tertiary/aromatic N) is 6. The molecule has 28 heteroatoms. The topological polar surface area (TPSA) is 264 Å². The standard InChI is InChI=1S/C37H39BrF2N4O4S2.C35H36F2N4O7S2/c1-5-47-35(46)23(2)19-24-7-6-8-25(20-24)37(3,12-15-49-17-18-50-16-14-45)36-42-34(44(4)43-36)28-21-26(9-10-29(28)39)48-33-30(40)22-31-27(32(33)38)11-13-41-31;1-34(2,33(42)43)21-6-5-7-22(18-21)35(3)12-15-50(46,47)17-16-49(44,45)14-11-25-24-10-13-38-29(24)20-28(37)30(25)48-23-8-9-27(36)26(19-23)31-39-32(35)40-41(31)4/h6-11,13,19-22,41,45H,5,12,14-18H2,1-4H3;5-10,13,18-20,38H,11-12,14-17H2,1-4H3,(H,42,43)/b23-19+;. The highest BCUT2D eigenvalue weighted by molar-refractivity contribution is 9.10. The second-order valence-electron chi connectivity index (χ2n) is 25.1. The molecule has 528 valence electrons. The summed E-state index contributed by atoms with van der Waals surface area (Å²) in [5.74, 6) is -1.83. The van der Waals surface area contributed by atoms with Gasteiger partial charge in [0.05, 0.1) is 68.1 Å². The lowest BCUT2D eigenvalue weighted by molar-refractivity contribution is -0.142. The van der Waals surface area contributed by atoms with Gasteiger partial charge in [0.25, 0.3) is 0 Å². The van der Waals surface area contributed by atoms with Gasteiger partial charge in [-0.15, -0.1) is 0 Å². The number of sulfone groups is 2. The monoisotopic (exact) mass is 1510 g/mol. The van der Waals surface area contributed by atoms with E-state index in [0.717, 1.165) is 39.8 Å². The SMILES string of the molecule is CCOC(=O)/C(C)=C/c1cccc(C(C)(CCSCCSCCO)c2nc(-c3cc(Oc4c(F)cc5[nH]ccc5c4Br)ccc3F)n(C)n2)c1.Cn1nc2nc1-c1cc(ccc1F)Oc1c(F)cc3[nH]ccc3c1CCS(=O)(=O)CCS(=O)(=O)CCC2(C)c1cccc(C(C)(C)C(=O)O)c1. The predicted molar refractivity (Wildman–Crippen MR) is 386 cm³/mol. The van der Waals surface area contributed by atoms with E-state index < -0.39 is 88.2 Å². The van der Waals surface area contributed by atoms with Crippen LogP contribution in [0.4, 0.5) is 17.6 Å². The van der Waals surface area contributed by atoms with Gasteiger partial charge >= 0.3 is 11.9 Å². The number of benzene rings is 6. The molecule has 1 aliphatic heterocycles. The number of hydrogen-bond acceptors (Lipinski definition) is 16. The number of carboxylic acids is 1. The Morgan fingerprint density at radius 3 is 2.08 bits per heavy atom. The number of aromatic amines is 2. The first kappa shape index (κ1) is 74.4. The minimum Gasteiger partial charge on any atom is -0.481 e. The first-order valence-electron chi connectivity index (χ1n) is 32.0. The van der Waals surface area contributed by atoms with Crippen molar-refractivity contribution in [3.05, 3.63) is 194 Å². The Morgan fingerprint density at radius 2 is 1.37 bits per heavy atom. The van der Waals surface area contributed by atoms with Gasteiger partial charge in [-0.25, -0.2) is 58.5 Å². The fourth-order valence-electron chi connectivity index (χ4n) is 11.6. The van der Waals surface area contributed by atoms with Crippen molar-refractivity contribution in [3.8, 4) is 45.8 Å². The van der Waals surface area contributed by atoms with Crippen molar-refractivity contribution in [1.82, 2.24) is 39.5 Å². The van der Waals surface area contributed by atoms with Crippen LogP contribution < -0.4 is 9.47 Å². The number of aryl methyl sites for hydroxylation is 3. The number of esters is 1. The van der Waals surface area contributed by atoms with Crippen LogP contribution in [0, 0.1) is 23.3 Å². The smallest absolute Gasteiger partial charge is 0.333 e. The molecule has 0 fully saturated rings. The average Bonchev–Trinajstić information content (AvgIpc) is 1.56. The van der Waals surface area contributed by atoms with Crippen molar-refractivity contribution >= 4 is 98.9 Å². The maximum absolute atomic E-state index is 15.6. The van der Waals surface area contributed by atoms with Crippen LogP contribution in [-0.2, 0) is 70.8 Å². The van der Waals surface area contributed by atoms with Crippen LogP contribution in [0.1, 0.15) is 93.9 Å². The summed E-state index contributed by atoms with van der Waals surface area (Å²) in [5.41, 5.74) is 1.39. The van der Waals surface area contributed by atoms with E-state index >= 15 is 17.6 Å². The Bertz CT molecular complexity index is 4980. The Morgan fingerprint density at radius 1 is 0.740 bits per heavy atom. The molecule has 0 spiro atoms. The van der Waals surface area contributed by atoms with E-state index in [9.17, 15) is 31.5 Å². The fourth-order valence-corrected chi connectivity index (χ4v) is 17.9.